The van der Waals surface area contributed by atoms with Crippen molar-refractivity contribution in [3.63, 3.8) is 0 Å². The zero-order chi connectivity index (χ0) is 19.0. The van der Waals surface area contributed by atoms with Gasteiger partial charge in [-0.2, -0.15) is 5.10 Å². The highest BCUT2D eigenvalue weighted by Crippen LogP contribution is 2.43. The molecule has 0 radical (unpaired) electrons. The molecule has 0 saturated carbocycles. The standard InChI is InChI=1S/C18H20F2N2O5/c1-2-25-18(23)16-14(17(19)20)13-12(27-16)4-3-10-7-22(21-15(10)13)8-11-9-24-5-6-26-11/h7,11,17H,2-6,8-9H2,1H3. The third-order valence-corrected chi connectivity index (χ3v) is 4.67. The quantitative estimate of drug-likeness (QED) is 0.741. The molecule has 0 N–H and O–H groups in total. The first kappa shape index (κ1) is 18.1. The minimum Gasteiger partial charge on any atom is -0.460 e. The van der Waals surface area contributed by atoms with Gasteiger partial charge in [-0.05, 0) is 18.9 Å². The van der Waals surface area contributed by atoms with Crippen molar-refractivity contribution in [3.05, 3.63) is 28.8 Å². The van der Waals surface area contributed by atoms with Gasteiger partial charge in [-0.3, -0.25) is 4.68 Å². The average molecular weight is 382 g/mol. The number of nitrogens with zero attached hydrogens (tertiary/aromatic N) is 2. The van der Waals surface area contributed by atoms with E-state index in [1.165, 1.54) is 0 Å². The number of aryl methyl sites for hydroxylation is 2. The molecule has 1 fully saturated rings. The lowest BCUT2D eigenvalue weighted by atomic mass is 9.93. The summed E-state index contributed by atoms with van der Waals surface area (Å²) in [7, 11) is 0. The van der Waals surface area contributed by atoms with Crippen molar-refractivity contribution in [3.8, 4) is 11.3 Å². The molecule has 2 aliphatic rings. The second kappa shape index (κ2) is 7.40. The van der Waals surface area contributed by atoms with E-state index in [9.17, 15) is 13.6 Å². The fourth-order valence-corrected chi connectivity index (χ4v) is 3.53. The Balaban J connectivity index is 1.70. The third kappa shape index (κ3) is 3.37. The van der Waals surface area contributed by atoms with E-state index in [4.69, 9.17) is 18.6 Å². The fourth-order valence-electron chi connectivity index (χ4n) is 3.53. The maximum Gasteiger partial charge on any atom is 0.374 e. The second-order valence-corrected chi connectivity index (χ2v) is 6.46. The number of alkyl halides is 2. The molecule has 146 valence electrons. The van der Waals surface area contributed by atoms with Gasteiger partial charge >= 0.3 is 5.97 Å². The van der Waals surface area contributed by atoms with E-state index in [2.05, 4.69) is 5.10 Å². The number of carbonyl (C=O) groups is 1. The Morgan fingerprint density at radius 1 is 1.41 bits per heavy atom. The van der Waals surface area contributed by atoms with Crippen molar-refractivity contribution in [1.29, 1.82) is 0 Å². The van der Waals surface area contributed by atoms with Gasteiger partial charge in [-0.25, -0.2) is 13.6 Å². The van der Waals surface area contributed by atoms with E-state index in [0.717, 1.165) is 5.56 Å². The lowest BCUT2D eigenvalue weighted by Crippen LogP contribution is -2.32. The van der Waals surface area contributed by atoms with Crippen LogP contribution in [0, 0.1) is 0 Å². The van der Waals surface area contributed by atoms with Gasteiger partial charge < -0.3 is 18.6 Å². The fraction of sp³-hybridized carbons (Fsp3) is 0.556. The van der Waals surface area contributed by atoms with Crippen molar-refractivity contribution in [2.75, 3.05) is 26.4 Å². The number of furan rings is 1. The summed E-state index contributed by atoms with van der Waals surface area (Å²) in [5.74, 6) is -0.956. The second-order valence-electron chi connectivity index (χ2n) is 6.46. The summed E-state index contributed by atoms with van der Waals surface area (Å²) >= 11 is 0. The summed E-state index contributed by atoms with van der Waals surface area (Å²) in [4.78, 5) is 12.1. The summed E-state index contributed by atoms with van der Waals surface area (Å²) in [5, 5.41) is 4.48. The van der Waals surface area contributed by atoms with Crippen molar-refractivity contribution in [2.45, 2.75) is 38.8 Å². The van der Waals surface area contributed by atoms with Crippen LogP contribution in [0.3, 0.4) is 0 Å². The van der Waals surface area contributed by atoms with Crippen LogP contribution in [-0.4, -0.2) is 48.3 Å². The third-order valence-electron chi connectivity index (χ3n) is 4.67. The number of rotatable bonds is 5. The molecule has 4 rings (SSSR count). The first-order chi connectivity index (χ1) is 13.1. The lowest BCUT2D eigenvalue weighted by molar-refractivity contribution is -0.0946. The van der Waals surface area contributed by atoms with E-state index in [1.807, 2.05) is 6.20 Å². The summed E-state index contributed by atoms with van der Waals surface area (Å²) in [6, 6.07) is 0. The molecule has 1 saturated heterocycles. The summed E-state index contributed by atoms with van der Waals surface area (Å²) in [6.07, 6.45) is -0.140. The van der Waals surface area contributed by atoms with Gasteiger partial charge in [0.25, 0.3) is 6.43 Å². The largest absolute Gasteiger partial charge is 0.460 e. The molecule has 1 aliphatic heterocycles. The first-order valence-electron chi connectivity index (χ1n) is 8.95. The predicted molar refractivity (Wildman–Crippen MR) is 88.8 cm³/mol. The summed E-state index contributed by atoms with van der Waals surface area (Å²) in [5.41, 5.74) is 1.06. The number of esters is 1. The molecule has 9 heteroatoms. The maximum atomic E-state index is 13.8. The topological polar surface area (TPSA) is 75.7 Å². The van der Waals surface area contributed by atoms with Crippen LogP contribution >= 0.6 is 0 Å². The van der Waals surface area contributed by atoms with Gasteiger partial charge in [0.1, 0.15) is 11.9 Å². The Hall–Kier alpha value is -2.26. The SMILES string of the molecule is CCOC(=O)c1oc2c(c1C(F)F)-c1nn(CC3COCCO3)cc1CC2. The van der Waals surface area contributed by atoms with E-state index in [1.54, 1.807) is 11.6 Å². The van der Waals surface area contributed by atoms with Crippen LogP contribution in [0.4, 0.5) is 8.78 Å². The summed E-state index contributed by atoms with van der Waals surface area (Å²) < 4.78 is 50.6. The molecule has 2 aromatic rings. The Labute approximate surface area is 154 Å². The molecular weight excluding hydrogens is 362 g/mol. The van der Waals surface area contributed by atoms with Crippen molar-refractivity contribution >= 4 is 5.97 Å². The van der Waals surface area contributed by atoms with Gasteiger partial charge in [-0.1, -0.05) is 0 Å². The molecule has 1 atom stereocenters. The molecule has 1 unspecified atom stereocenters. The highest BCUT2D eigenvalue weighted by Gasteiger charge is 2.36. The smallest absolute Gasteiger partial charge is 0.374 e. The van der Waals surface area contributed by atoms with Gasteiger partial charge in [0.05, 0.1) is 49.8 Å². The average Bonchev–Trinajstić information content (AvgIpc) is 3.23. The first-order valence-corrected chi connectivity index (χ1v) is 8.95. The number of aromatic nitrogens is 2. The molecule has 0 bridgehead atoms. The predicted octanol–water partition coefficient (Wildman–Crippen LogP) is 2.77. The van der Waals surface area contributed by atoms with Gasteiger partial charge in [0.2, 0.25) is 5.76 Å². The number of hydrogen-bond donors (Lipinski definition) is 0. The Bertz CT molecular complexity index is 839. The lowest BCUT2D eigenvalue weighted by Gasteiger charge is -2.22. The molecule has 2 aromatic heterocycles. The molecule has 0 aromatic carbocycles. The number of ether oxygens (including phenoxy) is 3. The van der Waals surface area contributed by atoms with Gasteiger partial charge in [0, 0.05) is 12.6 Å². The molecule has 0 amide bonds. The molecule has 27 heavy (non-hydrogen) atoms. The zero-order valence-electron chi connectivity index (χ0n) is 14.9. The Morgan fingerprint density at radius 3 is 2.96 bits per heavy atom. The number of fused-ring (bicyclic) bond motifs is 3. The maximum absolute atomic E-state index is 13.8. The zero-order valence-corrected chi connectivity index (χ0v) is 14.9. The van der Waals surface area contributed by atoms with Crippen LogP contribution in [0.15, 0.2) is 10.6 Å². The van der Waals surface area contributed by atoms with Crippen LogP contribution in [0.1, 0.15) is 40.8 Å². The number of carbonyl (C=O) groups excluding carboxylic acids is 1. The van der Waals surface area contributed by atoms with Crippen LogP contribution in [0.25, 0.3) is 11.3 Å². The monoisotopic (exact) mass is 382 g/mol. The Kier molecular flexibility index (Phi) is 4.96. The van der Waals surface area contributed by atoms with E-state index < -0.39 is 23.7 Å². The molecule has 1 aliphatic carbocycles. The van der Waals surface area contributed by atoms with E-state index in [-0.39, 0.29) is 18.3 Å². The molecule has 0 spiro atoms. The van der Waals surface area contributed by atoms with Gasteiger partial charge in [0.15, 0.2) is 0 Å². The highest BCUT2D eigenvalue weighted by molar-refractivity contribution is 5.92. The van der Waals surface area contributed by atoms with Crippen LogP contribution in [0.2, 0.25) is 0 Å². The van der Waals surface area contributed by atoms with Crippen molar-refractivity contribution in [1.82, 2.24) is 9.78 Å². The van der Waals surface area contributed by atoms with Crippen LogP contribution in [-0.2, 0) is 33.6 Å². The normalized spacial score (nSPS) is 19.0. The molecule has 7 nitrogen and oxygen atoms in total. The minimum atomic E-state index is -2.87. The van der Waals surface area contributed by atoms with Crippen LogP contribution in [0.5, 0.6) is 0 Å². The van der Waals surface area contributed by atoms with Crippen LogP contribution < -0.4 is 0 Å². The van der Waals surface area contributed by atoms with E-state index in [0.29, 0.717) is 50.7 Å². The minimum absolute atomic E-state index is 0.0796. The molecule has 3 heterocycles. The van der Waals surface area contributed by atoms with Crippen molar-refractivity contribution < 1.29 is 32.2 Å². The van der Waals surface area contributed by atoms with Gasteiger partial charge in [-0.15, -0.1) is 0 Å². The molecular formula is C18H20F2N2O5. The number of hydrogen-bond acceptors (Lipinski definition) is 6. The summed E-state index contributed by atoms with van der Waals surface area (Å²) in [6.45, 7) is 3.72. The van der Waals surface area contributed by atoms with Crippen molar-refractivity contribution in [2.24, 2.45) is 0 Å². The Morgan fingerprint density at radius 2 is 2.26 bits per heavy atom. The van der Waals surface area contributed by atoms with E-state index >= 15 is 0 Å². The number of halogens is 2. The highest BCUT2D eigenvalue weighted by atomic mass is 19.3.